The zero-order valence-electron chi connectivity index (χ0n) is 15.4. The van der Waals surface area contributed by atoms with Gasteiger partial charge in [0.05, 0.1) is 0 Å². The molecule has 3 N–H and O–H groups in total. The predicted molar refractivity (Wildman–Crippen MR) is 104 cm³/mol. The molecule has 136 valence electrons. The largest absolute Gasteiger partial charge is 0.368 e. The van der Waals surface area contributed by atoms with Crippen molar-refractivity contribution in [1.29, 1.82) is 0 Å². The van der Waals surface area contributed by atoms with Crippen molar-refractivity contribution in [2.75, 3.05) is 49.2 Å². The molecule has 1 heterocycles. The summed E-state index contributed by atoms with van der Waals surface area (Å²) in [5.41, 5.74) is 7.13. The molecular weight excluding hydrogens is 314 g/mol. The maximum absolute atomic E-state index is 5.81. The zero-order chi connectivity index (χ0) is 18.1. The van der Waals surface area contributed by atoms with Crippen LogP contribution in [0, 0.1) is 0 Å². The van der Waals surface area contributed by atoms with E-state index in [1.807, 2.05) is 6.07 Å². The second-order valence-corrected chi connectivity index (χ2v) is 5.99. The Morgan fingerprint density at radius 2 is 1.76 bits per heavy atom. The number of nitrogens with two attached hydrogens (primary N) is 1. The molecule has 0 saturated heterocycles. The van der Waals surface area contributed by atoms with E-state index in [0.29, 0.717) is 11.9 Å². The fourth-order valence-electron chi connectivity index (χ4n) is 2.63. The molecule has 7 heteroatoms. The lowest BCUT2D eigenvalue weighted by Gasteiger charge is -2.19. The topological polar surface area (TPSA) is 83.2 Å². The van der Waals surface area contributed by atoms with Crippen LogP contribution in [0.15, 0.2) is 30.3 Å². The van der Waals surface area contributed by atoms with Gasteiger partial charge in [-0.2, -0.15) is 15.0 Å². The summed E-state index contributed by atoms with van der Waals surface area (Å²) >= 11 is 0. The first-order valence-corrected chi connectivity index (χ1v) is 8.85. The quantitative estimate of drug-likeness (QED) is 0.640. The molecule has 25 heavy (non-hydrogen) atoms. The minimum atomic E-state index is 0.251. The first kappa shape index (κ1) is 18.9. The van der Waals surface area contributed by atoms with Crippen LogP contribution < -0.4 is 16.0 Å². The van der Waals surface area contributed by atoms with Crippen LogP contribution in [0.4, 0.5) is 17.8 Å². The number of nitrogen functional groups attached to an aromatic ring is 1. The average Bonchev–Trinajstić information content (AvgIpc) is 2.60. The Balaban J connectivity index is 1.79. The molecule has 7 nitrogen and oxygen atoms in total. The van der Waals surface area contributed by atoms with Crippen LogP contribution in [0.2, 0.25) is 0 Å². The third-order valence-electron chi connectivity index (χ3n) is 3.98. The standard InChI is InChI=1S/C18H29N7/c1-4-25(5-2)18-22-16(19)21-17(23-18)20-12-9-13-24(3)14-15-10-7-6-8-11-15/h6-8,10-11H,4-5,9,12-14H2,1-3H3,(H3,19,20,21,22,23). The minimum absolute atomic E-state index is 0.251. The van der Waals surface area contributed by atoms with E-state index in [1.54, 1.807) is 0 Å². The van der Waals surface area contributed by atoms with Crippen LogP contribution >= 0.6 is 0 Å². The number of aromatic nitrogens is 3. The predicted octanol–water partition coefficient (Wildman–Crippen LogP) is 2.23. The van der Waals surface area contributed by atoms with Gasteiger partial charge in [-0.1, -0.05) is 30.3 Å². The van der Waals surface area contributed by atoms with Gasteiger partial charge in [0.25, 0.3) is 0 Å². The van der Waals surface area contributed by atoms with E-state index < -0.39 is 0 Å². The van der Waals surface area contributed by atoms with Gasteiger partial charge in [-0.3, -0.25) is 0 Å². The molecule has 0 aliphatic rings. The van der Waals surface area contributed by atoms with E-state index >= 15 is 0 Å². The number of anilines is 3. The number of hydrogen-bond acceptors (Lipinski definition) is 7. The first-order chi connectivity index (χ1) is 12.1. The Morgan fingerprint density at radius 1 is 1.04 bits per heavy atom. The fourth-order valence-corrected chi connectivity index (χ4v) is 2.63. The van der Waals surface area contributed by atoms with Gasteiger partial charge in [-0.15, -0.1) is 0 Å². The highest BCUT2D eigenvalue weighted by Crippen LogP contribution is 2.11. The molecule has 1 aromatic heterocycles. The van der Waals surface area contributed by atoms with E-state index in [0.717, 1.165) is 39.1 Å². The van der Waals surface area contributed by atoms with Gasteiger partial charge in [0.2, 0.25) is 17.8 Å². The molecular formula is C18H29N7. The van der Waals surface area contributed by atoms with Crippen LogP contribution in [0.1, 0.15) is 25.8 Å². The summed E-state index contributed by atoms with van der Waals surface area (Å²) < 4.78 is 0. The Bertz CT molecular complexity index is 629. The molecule has 0 radical (unpaired) electrons. The number of rotatable bonds is 10. The van der Waals surface area contributed by atoms with Gasteiger partial charge >= 0.3 is 0 Å². The van der Waals surface area contributed by atoms with Crippen molar-refractivity contribution in [2.24, 2.45) is 0 Å². The van der Waals surface area contributed by atoms with E-state index in [4.69, 9.17) is 5.73 Å². The van der Waals surface area contributed by atoms with Crippen molar-refractivity contribution in [3.8, 4) is 0 Å². The third-order valence-corrected chi connectivity index (χ3v) is 3.98. The Hall–Kier alpha value is -2.41. The molecule has 0 amide bonds. The lowest BCUT2D eigenvalue weighted by molar-refractivity contribution is 0.325. The monoisotopic (exact) mass is 343 g/mol. The molecule has 0 fully saturated rings. The Morgan fingerprint density at radius 3 is 2.44 bits per heavy atom. The third kappa shape index (κ3) is 6.19. The molecule has 0 saturated carbocycles. The summed E-state index contributed by atoms with van der Waals surface area (Å²) in [6, 6.07) is 10.5. The van der Waals surface area contributed by atoms with E-state index in [9.17, 15) is 0 Å². The normalized spacial score (nSPS) is 10.9. The molecule has 2 rings (SSSR count). The van der Waals surface area contributed by atoms with E-state index in [1.165, 1.54) is 5.56 Å². The van der Waals surface area contributed by atoms with Crippen molar-refractivity contribution in [2.45, 2.75) is 26.8 Å². The molecule has 0 aliphatic heterocycles. The molecule has 0 atom stereocenters. The fraction of sp³-hybridized carbons (Fsp3) is 0.500. The van der Waals surface area contributed by atoms with E-state index in [-0.39, 0.29) is 5.95 Å². The van der Waals surface area contributed by atoms with Crippen LogP contribution in [-0.2, 0) is 6.54 Å². The number of benzene rings is 1. The van der Waals surface area contributed by atoms with Crippen molar-refractivity contribution < 1.29 is 0 Å². The van der Waals surface area contributed by atoms with Crippen LogP contribution in [0.5, 0.6) is 0 Å². The molecule has 0 aliphatic carbocycles. The number of nitrogens with zero attached hydrogens (tertiary/aromatic N) is 5. The highest BCUT2D eigenvalue weighted by atomic mass is 15.3. The molecule has 1 aromatic carbocycles. The smallest absolute Gasteiger partial charge is 0.231 e. The van der Waals surface area contributed by atoms with Gasteiger partial charge in [0, 0.05) is 26.2 Å². The van der Waals surface area contributed by atoms with Crippen molar-refractivity contribution in [3.63, 3.8) is 0 Å². The van der Waals surface area contributed by atoms with Gasteiger partial charge in [0.1, 0.15) is 0 Å². The second-order valence-electron chi connectivity index (χ2n) is 5.99. The van der Waals surface area contributed by atoms with E-state index in [2.05, 4.69) is 75.2 Å². The minimum Gasteiger partial charge on any atom is -0.368 e. The summed E-state index contributed by atoms with van der Waals surface area (Å²) in [6.07, 6.45) is 0.996. The SMILES string of the molecule is CCN(CC)c1nc(N)nc(NCCCN(C)Cc2ccccc2)n1. The van der Waals surface area contributed by atoms with Crippen LogP contribution in [0.3, 0.4) is 0 Å². The van der Waals surface area contributed by atoms with Gasteiger partial charge < -0.3 is 20.9 Å². The van der Waals surface area contributed by atoms with Crippen molar-refractivity contribution in [1.82, 2.24) is 19.9 Å². The lowest BCUT2D eigenvalue weighted by atomic mass is 10.2. The summed E-state index contributed by atoms with van der Waals surface area (Å²) in [4.78, 5) is 17.2. The first-order valence-electron chi connectivity index (χ1n) is 8.85. The number of hydrogen-bond donors (Lipinski definition) is 2. The average molecular weight is 343 g/mol. The maximum Gasteiger partial charge on any atom is 0.231 e. The highest BCUT2D eigenvalue weighted by Gasteiger charge is 2.09. The highest BCUT2D eigenvalue weighted by molar-refractivity contribution is 5.41. The summed E-state index contributed by atoms with van der Waals surface area (Å²) in [6.45, 7) is 8.54. The summed E-state index contributed by atoms with van der Waals surface area (Å²) in [5.74, 6) is 1.42. The van der Waals surface area contributed by atoms with Crippen molar-refractivity contribution >= 4 is 17.8 Å². The molecule has 2 aromatic rings. The molecule has 0 bridgehead atoms. The second kappa shape index (κ2) is 9.78. The zero-order valence-corrected chi connectivity index (χ0v) is 15.4. The Kier molecular flexibility index (Phi) is 7.40. The van der Waals surface area contributed by atoms with Gasteiger partial charge in [-0.05, 0) is 39.4 Å². The van der Waals surface area contributed by atoms with Gasteiger partial charge in [0.15, 0.2) is 0 Å². The Labute approximate surface area is 150 Å². The summed E-state index contributed by atoms with van der Waals surface area (Å²) in [5, 5.41) is 3.25. The lowest BCUT2D eigenvalue weighted by Crippen LogP contribution is -2.25. The van der Waals surface area contributed by atoms with Crippen molar-refractivity contribution in [3.05, 3.63) is 35.9 Å². The molecule has 0 spiro atoms. The van der Waals surface area contributed by atoms with Crippen LogP contribution in [0.25, 0.3) is 0 Å². The molecule has 0 unspecified atom stereocenters. The number of nitrogens with one attached hydrogen (secondary N) is 1. The maximum atomic E-state index is 5.81. The van der Waals surface area contributed by atoms with Crippen LogP contribution in [-0.4, -0.2) is 53.1 Å². The summed E-state index contributed by atoms with van der Waals surface area (Å²) in [7, 11) is 2.13. The van der Waals surface area contributed by atoms with Gasteiger partial charge in [-0.25, -0.2) is 0 Å².